The van der Waals surface area contributed by atoms with Crippen LogP contribution in [-0.2, 0) is 14.3 Å². The van der Waals surface area contributed by atoms with Gasteiger partial charge in [-0.05, 0) is 103 Å². The van der Waals surface area contributed by atoms with E-state index >= 15 is 0 Å². The largest absolute Gasteiger partial charge is 0.462 e. The van der Waals surface area contributed by atoms with Gasteiger partial charge in [0.1, 0.15) is 6.10 Å². The van der Waals surface area contributed by atoms with Gasteiger partial charge >= 0.3 is 5.97 Å². The van der Waals surface area contributed by atoms with Crippen molar-refractivity contribution < 1.29 is 24.5 Å². The van der Waals surface area contributed by atoms with E-state index in [-0.39, 0.29) is 24.9 Å². The van der Waals surface area contributed by atoms with Gasteiger partial charge in [0.25, 0.3) is 0 Å². The SMILES string of the molecule is CCCCC/C=C\C/C=C\C/C=C\C/C=C\CCCC(CC(=O)NC(CO)C(O)CCCCCCCCCCCCCCCCCC)OC(=O)CCCCCC/C=C\C/C=C\C/C=C\CCCCC. The minimum Gasteiger partial charge on any atom is -0.462 e. The molecule has 0 bridgehead atoms. The molecular weight excluding hydrogens is 851 g/mol. The van der Waals surface area contributed by atoms with Gasteiger partial charge in [0.2, 0.25) is 5.91 Å². The Labute approximate surface area is 427 Å². The van der Waals surface area contributed by atoms with Crippen molar-refractivity contribution in [2.45, 2.75) is 296 Å². The summed E-state index contributed by atoms with van der Waals surface area (Å²) < 4.78 is 5.93. The highest BCUT2D eigenvalue weighted by Gasteiger charge is 2.24. The molecule has 0 spiro atoms. The van der Waals surface area contributed by atoms with Gasteiger partial charge in [-0.15, -0.1) is 0 Å². The molecule has 0 aromatic rings. The summed E-state index contributed by atoms with van der Waals surface area (Å²) >= 11 is 0. The normalized spacial score (nSPS) is 13.8. The summed E-state index contributed by atoms with van der Waals surface area (Å²) in [5.74, 6) is -0.552. The van der Waals surface area contributed by atoms with Crippen LogP contribution in [0.2, 0.25) is 0 Å². The molecule has 3 N–H and O–H groups in total. The van der Waals surface area contributed by atoms with Crippen LogP contribution >= 0.6 is 0 Å². The van der Waals surface area contributed by atoms with E-state index in [9.17, 15) is 19.8 Å². The van der Waals surface area contributed by atoms with Crippen LogP contribution < -0.4 is 5.32 Å². The molecule has 0 aliphatic carbocycles. The molecule has 6 nitrogen and oxygen atoms in total. The van der Waals surface area contributed by atoms with Gasteiger partial charge in [-0.25, -0.2) is 0 Å². The van der Waals surface area contributed by atoms with Crippen LogP contribution in [0.5, 0.6) is 0 Å². The van der Waals surface area contributed by atoms with Crippen LogP contribution in [-0.4, -0.2) is 46.9 Å². The molecule has 0 saturated heterocycles. The lowest BCUT2D eigenvalue weighted by Crippen LogP contribution is -2.46. The smallest absolute Gasteiger partial charge is 0.306 e. The van der Waals surface area contributed by atoms with Crippen LogP contribution in [0.1, 0.15) is 278 Å². The third-order valence-corrected chi connectivity index (χ3v) is 12.9. The summed E-state index contributed by atoms with van der Waals surface area (Å²) in [4.78, 5) is 26.3. The highest BCUT2D eigenvalue weighted by atomic mass is 16.5. The van der Waals surface area contributed by atoms with Crippen LogP contribution in [0.3, 0.4) is 0 Å². The summed E-state index contributed by atoms with van der Waals surface area (Å²) in [7, 11) is 0. The van der Waals surface area contributed by atoms with E-state index in [2.05, 4.69) is 111 Å². The summed E-state index contributed by atoms with van der Waals surface area (Å²) in [6.45, 7) is 6.43. The fourth-order valence-electron chi connectivity index (χ4n) is 8.49. The fourth-order valence-corrected chi connectivity index (χ4v) is 8.49. The standard InChI is InChI=1S/C63H111NO5/c1-4-7-10-13-16-19-22-25-28-31-33-36-39-42-45-48-51-54-59(69-63(68)56-53-50-47-44-41-38-35-32-29-26-23-20-17-14-11-8-5-2)57-62(67)64-60(58-65)61(66)55-52-49-46-43-40-37-34-30-27-24-21-18-15-12-9-6-3/h16-17,19-20,25-26,28-29,33,35-36,38,42,45,59-61,65-66H,4-15,18,21-24,27,30-32,34,37,39-41,43-44,46-58H2,1-3H3,(H,64,67)/b19-16-,20-17-,28-25-,29-26-,36-33-,38-35-,45-42-. The number of esters is 1. The second kappa shape index (κ2) is 56.0. The summed E-state index contributed by atoms with van der Waals surface area (Å²) in [6, 6.07) is -0.729. The maximum absolute atomic E-state index is 13.3. The maximum atomic E-state index is 13.3. The molecule has 6 heteroatoms. The molecule has 0 aliphatic rings. The van der Waals surface area contributed by atoms with E-state index in [1.165, 1.54) is 135 Å². The van der Waals surface area contributed by atoms with Gasteiger partial charge in [0.15, 0.2) is 0 Å². The first-order valence-electron chi connectivity index (χ1n) is 29.3. The molecule has 0 aromatic heterocycles. The average molecular weight is 963 g/mol. The van der Waals surface area contributed by atoms with E-state index in [4.69, 9.17) is 4.74 Å². The second-order valence-electron chi connectivity index (χ2n) is 19.7. The van der Waals surface area contributed by atoms with Gasteiger partial charge in [-0.3, -0.25) is 9.59 Å². The van der Waals surface area contributed by atoms with Crippen molar-refractivity contribution in [1.29, 1.82) is 0 Å². The molecule has 3 unspecified atom stereocenters. The number of nitrogens with one attached hydrogen (secondary N) is 1. The molecular formula is C63H111NO5. The monoisotopic (exact) mass is 962 g/mol. The summed E-state index contributed by atoms with van der Waals surface area (Å²) in [5.41, 5.74) is 0. The first kappa shape index (κ1) is 66.0. The Morgan fingerprint density at radius 3 is 1.17 bits per heavy atom. The Bertz CT molecular complexity index is 1310. The zero-order valence-corrected chi connectivity index (χ0v) is 45.4. The average Bonchev–Trinajstić information content (AvgIpc) is 3.34. The maximum Gasteiger partial charge on any atom is 0.306 e. The molecule has 0 aliphatic heterocycles. The third kappa shape index (κ3) is 51.2. The Morgan fingerprint density at radius 1 is 0.420 bits per heavy atom. The molecule has 0 rings (SSSR count). The fraction of sp³-hybridized carbons (Fsp3) is 0.746. The van der Waals surface area contributed by atoms with Crippen molar-refractivity contribution in [1.82, 2.24) is 5.32 Å². The summed E-state index contributed by atoms with van der Waals surface area (Å²) in [6.07, 6.45) is 73.6. The highest BCUT2D eigenvalue weighted by molar-refractivity contribution is 5.77. The third-order valence-electron chi connectivity index (χ3n) is 12.9. The molecule has 0 heterocycles. The number of carbonyl (C=O) groups is 2. The van der Waals surface area contributed by atoms with Crippen molar-refractivity contribution in [3.63, 3.8) is 0 Å². The van der Waals surface area contributed by atoms with Crippen molar-refractivity contribution >= 4 is 11.9 Å². The lowest BCUT2D eigenvalue weighted by molar-refractivity contribution is -0.151. The van der Waals surface area contributed by atoms with Crippen LogP contribution in [0.4, 0.5) is 0 Å². The van der Waals surface area contributed by atoms with Gasteiger partial charge in [-0.2, -0.15) is 0 Å². The van der Waals surface area contributed by atoms with Crippen molar-refractivity contribution in [3.8, 4) is 0 Å². The van der Waals surface area contributed by atoms with Crippen molar-refractivity contribution in [3.05, 3.63) is 85.1 Å². The predicted molar refractivity (Wildman–Crippen MR) is 301 cm³/mol. The molecule has 0 aromatic carbocycles. The number of allylic oxidation sites excluding steroid dienone is 14. The number of rotatable bonds is 52. The van der Waals surface area contributed by atoms with Crippen LogP contribution in [0, 0.1) is 0 Å². The number of amides is 1. The van der Waals surface area contributed by atoms with E-state index in [1.807, 2.05) is 0 Å². The number of hydrogen-bond donors (Lipinski definition) is 3. The van der Waals surface area contributed by atoms with Crippen LogP contribution in [0.15, 0.2) is 85.1 Å². The Morgan fingerprint density at radius 2 is 0.754 bits per heavy atom. The number of ether oxygens (including phenoxy) is 1. The molecule has 1 amide bonds. The first-order chi connectivity index (χ1) is 34.0. The zero-order chi connectivity index (χ0) is 50.2. The van der Waals surface area contributed by atoms with Crippen molar-refractivity contribution in [2.24, 2.45) is 0 Å². The molecule has 0 fully saturated rings. The minimum absolute atomic E-state index is 0.0277. The van der Waals surface area contributed by atoms with E-state index < -0.39 is 18.2 Å². The Hall–Kier alpha value is -2.96. The molecule has 398 valence electrons. The van der Waals surface area contributed by atoms with Gasteiger partial charge in [0, 0.05) is 6.42 Å². The second-order valence-corrected chi connectivity index (χ2v) is 19.7. The van der Waals surface area contributed by atoms with Crippen molar-refractivity contribution in [2.75, 3.05) is 6.61 Å². The lowest BCUT2D eigenvalue weighted by Gasteiger charge is -2.24. The zero-order valence-electron chi connectivity index (χ0n) is 45.4. The molecule has 69 heavy (non-hydrogen) atoms. The van der Waals surface area contributed by atoms with E-state index in [1.54, 1.807) is 0 Å². The number of hydrogen-bond acceptors (Lipinski definition) is 5. The predicted octanol–water partition coefficient (Wildman–Crippen LogP) is 18.3. The number of aliphatic hydroxyl groups is 2. The highest BCUT2D eigenvalue weighted by Crippen LogP contribution is 2.17. The first-order valence-corrected chi connectivity index (χ1v) is 29.3. The van der Waals surface area contributed by atoms with E-state index in [0.717, 1.165) is 96.3 Å². The van der Waals surface area contributed by atoms with Gasteiger partial charge in [-0.1, -0.05) is 247 Å². The number of carbonyl (C=O) groups excluding carboxylic acids is 2. The van der Waals surface area contributed by atoms with Gasteiger partial charge in [0.05, 0.1) is 25.2 Å². The molecule has 0 radical (unpaired) electrons. The Kier molecular flexibility index (Phi) is 53.6. The molecule has 3 atom stereocenters. The summed E-state index contributed by atoms with van der Waals surface area (Å²) in [5, 5.41) is 23.9. The number of aliphatic hydroxyl groups excluding tert-OH is 2. The van der Waals surface area contributed by atoms with Gasteiger partial charge < -0.3 is 20.3 Å². The topological polar surface area (TPSA) is 95.9 Å². The molecule has 0 saturated carbocycles. The lowest BCUT2D eigenvalue weighted by atomic mass is 10.0. The quantitative estimate of drug-likeness (QED) is 0.0321. The van der Waals surface area contributed by atoms with E-state index in [0.29, 0.717) is 19.3 Å². The Balaban J connectivity index is 4.70. The minimum atomic E-state index is -0.811. The van der Waals surface area contributed by atoms with Crippen LogP contribution in [0.25, 0.3) is 0 Å². The number of unbranched alkanes of at least 4 members (excludes halogenated alkanes) is 26.